The fourth-order valence-corrected chi connectivity index (χ4v) is 3.47. The molecule has 2 aliphatic rings. The number of carboxylic acid groups (broad SMARTS) is 1. The molecule has 2 fully saturated rings. The molecule has 3 rings (SSSR count). The minimum Gasteiger partial charge on any atom is -0.481 e. The topological polar surface area (TPSA) is 57.6 Å². The number of alkyl halides is 3. The predicted molar refractivity (Wildman–Crippen MR) is 79.2 cm³/mol. The molecule has 1 aromatic carbocycles. The van der Waals surface area contributed by atoms with E-state index < -0.39 is 36.4 Å². The lowest BCUT2D eigenvalue weighted by atomic mass is 9.93. The van der Waals surface area contributed by atoms with E-state index in [4.69, 9.17) is 5.11 Å². The van der Waals surface area contributed by atoms with Gasteiger partial charge in [0, 0.05) is 13.1 Å². The first-order valence-corrected chi connectivity index (χ1v) is 7.92. The molecule has 7 heteroatoms. The molecule has 1 saturated carbocycles. The first kappa shape index (κ1) is 16.8. The number of benzene rings is 1. The Kier molecular flexibility index (Phi) is 4.27. The number of likely N-dealkylation sites (tertiary alicyclic amines) is 1. The van der Waals surface area contributed by atoms with Gasteiger partial charge in [-0.2, -0.15) is 13.2 Å². The molecule has 130 valence electrons. The largest absolute Gasteiger partial charge is 0.481 e. The number of aliphatic carboxylic acids is 1. The first-order valence-electron chi connectivity index (χ1n) is 7.92. The van der Waals surface area contributed by atoms with E-state index in [-0.39, 0.29) is 18.4 Å². The predicted octanol–water partition coefficient (Wildman–Crippen LogP) is 2.90. The van der Waals surface area contributed by atoms with Gasteiger partial charge in [-0.25, -0.2) is 0 Å². The fourth-order valence-electron chi connectivity index (χ4n) is 3.47. The molecule has 1 aliphatic carbocycles. The van der Waals surface area contributed by atoms with Crippen molar-refractivity contribution in [3.63, 3.8) is 0 Å². The molecule has 0 aromatic heterocycles. The van der Waals surface area contributed by atoms with Crippen LogP contribution in [-0.2, 0) is 9.59 Å². The normalized spacial score (nSPS) is 25.5. The van der Waals surface area contributed by atoms with Gasteiger partial charge >= 0.3 is 12.1 Å². The molecule has 1 aromatic rings. The third-order valence-electron chi connectivity index (χ3n) is 4.89. The van der Waals surface area contributed by atoms with Crippen LogP contribution in [0.5, 0.6) is 0 Å². The molecule has 0 bridgehead atoms. The van der Waals surface area contributed by atoms with Gasteiger partial charge in [0.2, 0.25) is 5.91 Å². The molecule has 1 saturated heterocycles. The van der Waals surface area contributed by atoms with Gasteiger partial charge in [-0.05, 0) is 24.3 Å². The lowest BCUT2D eigenvalue weighted by Gasteiger charge is -2.24. The average Bonchev–Trinajstić information content (AvgIpc) is 3.23. The van der Waals surface area contributed by atoms with Gasteiger partial charge in [-0.15, -0.1) is 0 Å². The monoisotopic (exact) mass is 341 g/mol. The van der Waals surface area contributed by atoms with E-state index in [1.54, 1.807) is 24.3 Å². The summed E-state index contributed by atoms with van der Waals surface area (Å²) in [6.07, 6.45) is -2.89. The molecule has 0 spiro atoms. The number of halogens is 3. The highest BCUT2D eigenvalue weighted by atomic mass is 19.4. The smallest absolute Gasteiger partial charge is 0.394 e. The molecular weight excluding hydrogens is 323 g/mol. The highest BCUT2D eigenvalue weighted by molar-refractivity contribution is 5.86. The minimum atomic E-state index is -4.63. The molecular formula is C17H18F3NO3. The number of carbonyl (C=O) groups excluding carboxylic acids is 1. The maximum atomic E-state index is 13.1. The van der Waals surface area contributed by atoms with E-state index in [1.165, 1.54) is 0 Å². The molecule has 1 unspecified atom stereocenters. The zero-order valence-electron chi connectivity index (χ0n) is 12.9. The number of amides is 1. The molecule has 3 atom stereocenters. The van der Waals surface area contributed by atoms with E-state index in [9.17, 15) is 22.8 Å². The molecule has 0 radical (unpaired) electrons. The fraction of sp³-hybridized carbons (Fsp3) is 0.529. The summed E-state index contributed by atoms with van der Waals surface area (Å²) in [5.74, 6) is -5.84. The lowest BCUT2D eigenvalue weighted by molar-refractivity contribution is -0.188. The number of hydrogen-bond acceptors (Lipinski definition) is 2. The Morgan fingerprint density at radius 1 is 1.12 bits per heavy atom. The second-order valence-corrected chi connectivity index (χ2v) is 6.56. The summed E-state index contributed by atoms with van der Waals surface area (Å²) < 4.78 is 39.3. The van der Waals surface area contributed by atoms with Crippen LogP contribution in [0.3, 0.4) is 0 Å². The Hall–Kier alpha value is -2.05. The van der Waals surface area contributed by atoms with Crippen molar-refractivity contribution in [1.82, 2.24) is 4.90 Å². The van der Waals surface area contributed by atoms with Gasteiger partial charge in [-0.3, -0.25) is 9.59 Å². The highest BCUT2D eigenvalue weighted by Gasteiger charge is 2.54. The number of hydrogen-bond donors (Lipinski definition) is 1. The van der Waals surface area contributed by atoms with Crippen molar-refractivity contribution in [3.8, 4) is 0 Å². The van der Waals surface area contributed by atoms with Crippen molar-refractivity contribution in [2.24, 2.45) is 17.8 Å². The molecule has 4 nitrogen and oxygen atoms in total. The van der Waals surface area contributed by atoms with Crippen LogP contribution in [0.1, 0.15) is 24.3 Å². The zero-order valence-corrected chi connectivity index (χ0v) is 12.9. The van der Waals surface area contributed by atoms with Crippen molar-refractivity contribution >= 4 is 11.9 Å². The van der Waals surface area contributed by atoms with Crippen LogP contribution in [0.25, 0.3) is 0 Å². The summed E-state index contributed by atoms with van der Waals surface area (Å²) in [7, 11) is 0. The summed E-state index contributed by atoms with van der Waals surface area (Å²) in [6.45, 7) is -0.955. The van der Waals surface area contributed by atoms with Gasteiger partial charge in [-0.1, -0.05) is 30.3 Å². The van der Waals surface area contributed by atoms with Crippen LogP contribution < -0.4 is 0 Å². The Morgan fingerprint density at radius 3 is 2.21 bits per heavy atom. The standard InChI is InChI=1S/C17H18F3NO3/c18-17(19,20)13-9-21(8-12(13)16(23)24)15(22)14(11-6-7-11)10-4-2-1-3-5-10/h1-5,11-14H,6-9H2,(H,23,24)/t12-,13-,14?/m1/s1. The van der Waals surface area contributed by atoms with Crippen molar-refractivity contribution in [1.29, 1.82) is 0 Å². The van der Waals surface area contributed by atoms with Crippen LogP contribution in [0.15, 0.2) is 30.3 Å². The third-order valence-corrected chi connectivity index (χ3v) is 4.89. The van der Waals surface area contributed by atoms with E-state index in [0.29, 0.717) is 0 Å². The Bertz CT molecular complexity index is 628. The lowest BCUT2D eigenvalue weighted by Crippen LogP contribution is -2.36. The van der Waals surface area contributed by atoms with E-state index in [2.05, 4.69) is 0 Å². The molecule has 1 N–H and O–H groups in total. The summed E-state index contributed by atoms with van der Waals surface area (Å²) in [5, 5.41) is 9.09. The van der Waals surface area contributed by atoms with Crippen LogP contribution in [-0.4, -0.2) is 41.1 Å². The van der Waals surface area contributed by atoms with Gasteiger partial charge < -0.3 is 10.0 Å². The quantitative estimate of drug-likeness (QED) is 0.916. The van der Waals surface area contributed by atoms with Crippen LogP contribution in [0.4, 0.5) is 13.2 Å². The minimum absolute atomic E-state index is 0.133. The molecule has 1 heterocycles. The van der Waals surface area contributed by atoms with Crippen LogP contribution in [0, 0.1) is 17.8 Å². The van der Waals surface area contributed by atoms with Crippen molar-refractivity contribution in [2.45, 2.75) is 24.9 Å². The van der Waals surface area contributed by atoms with E-state index in [0.717, 1.165) is 23.3 Å². The van der Waals surface area contributed by atoms with Crippen molar-refractivity contribution in [3.05, 3.63) is 35.9 Å². The SMILES string of the molecule is O=C(O)[C@@H]1CN(C(=O)C(c2ccccc2)C2CC2)C[C@H]1C(F)(F)F. The summed E-state index contributed by atoms with van der Waals surface area (Å²) in [4.78, 5) is 25.1. The molecule has 1 amide bonds. The van der Waals surface area contributed by atoms with Gasteiger partial charge in [0.15, 0.2) is 0 Å². The number of carbonyl (C=O) groups is 2. The second-order valence-electron chi connectivity index (χ2n) is 6.56. The van der Waals surface area contributed by atoms with Gasteiger partial charge in [0.25, 0.3) is 0 Å². The van der Waals surface area contributed by atoms with E-state index >= 15 is 0 Å². The maximum absolute atomic E-state index is 13.1. The second kappa shape index (κ2) is 6.11. The number of nitrogens with zero attached hydrogens (tertiary/aromatic N) is 1. The van der Waals surface area contributed by atoms with E-state index in [1.807, 2.05) is 6.07 Å². The average molecular weight is 341 g/mol. The number of carboxylic acids is 1. The summed E-state index contributed by atoms with van der Waals surface area (Å²) in [5.41, 5.74) is 0.785. The number of rotatable bonds is 4. The van der Waals surface area contributed by atoms with Crippen LogP contribution in [0.2, 0.25) is 0 Å². The Morgan fingerprint density at radius 2 is 1.75 bits per heavy atom. The highest BCUT2D eigenvalue weighted by Crippen LogP contribution is 2.45. The summed E-state index contributed by atoms with van der Waals surface area (Å²) in [6, 6.07) is 8.99. The third kappa shape index (κ3) is 3.25. The first-order chi connectivity index (χ1) is 11.3. The zero-order chi connectivity index (χ0) is 17.5. The Balaban J connectivity index is 1.83. The maximum Gasteiger partial charge on any atom is 0.394 e. The van der Waals surface area contributed by atoms with Gasteiger partial charge in [0.1, 0.15) is 0 Å². The molecule has 1 aliphatic heterocycles. The molecule has 24 heavy (non-hydrogen) atoms. The summed E-state index contributed by atoms with van der Waals surface area (Å²) >= 11 is 0. The Labute approximate surface area is 137 Å². The van der Waals surface area contributed by atoms with Crippen molar-refractivity contribution in [2.75, 3.05) is 13.1 Å². The van der Waals surface area contributed by atoms with Crippen molar-refractivity contribution < 1.29 is 27.9 Å². The van der Waals surface area contributed by atoms with Gasteiger partial charge in [0.05, 0.1) is 17.8 Å². The van der Waals surface area contributed by atoms with Crippen LogP contribution >= 0.6 is 0 Å².